The number of carbonyl (C=O) groups excluding carboxylic acids is 1. The first-order valence-electron chi connectivity index (χ1n) is 2.89. The number of hydrogen-bond donors (Lipinski definition) is 2. The number of aliphatic hydroxyl groups excluding tert-OH is 1. The quantitative estimate of drug-likeness (QED) is 0.502. The summed E-state index contributed by atoms with van der Waals surface area (Å²) in [5.74, 6) is -0.542. The second kappa shape index (κ2) is 8.07. The van der Waals surface area contributed by atoms with Gasteiger partial charge in [-0.05, 0) is 18.7 Å². The minimum atomic E-state index is -0.818. The second-order valence-corrected chi connectivity index (χ2v) is 1.81. The van der Waals surface area contributed by atoms with Crippen molar-refractivity contribution in [1.82, 2.24) is 4.84 Å². The molecule has 0 radical (unpaired) electrons. The Morgan fingerprint density at radius 3 is 2.64 bits per heavy atom. The molecule has 0 saturated heterocycles. The zero-order valence-electron chi connectivity index (χ0n) is 6.04. The van der Waals surface area contributed by atoms with E-state index in [1.54, 1.807) is 6.92 Å². The van der Waals surface area contributed by atoms with Gasteiger partial charge in [0, 0.05) is 0 Å². The molecule has 0 aromatic carbocycles. The summed E-state index contributed by atoms with van der Waals surface area (Å²) in [7, 11) is 0. The van der Waals surface area contributed by atoms with Gasteiger partial charge in [-0.1, -0.05) is 0 Å². The second-order valence-electron chi connectivity index (χ2n) is 1.60. The minimum Gasteiger partial charge on any atom is -0.465 e. The van der Waals surface area contributed by atoms with Crippen LogP contribution >= 0.6 is 24.2 Å². The molecule has 0 aliphatic rings. The molecular formula is C5H11Cl2NO3. The lowest BCUT2D eigenvalue weighted by Gasteiger charge is -2.08. The highest BCUT2D eigenvalue weighted by Gasteiger charge is 2.16. The Kier molecular flexibility index (Phi) is 9.94. The highest BCUT2D eigenvalue weighted by Crippen LogP contribution is 1.88. The van der Waals surface area contributed by atoms with Gasteiger partial charge in [-0.15, -0.1) is 12.4 Å². The zero-order valence-corrected chi connectivity index (χ0v) is 7.61. The molecule has 0 bridgehead atoms. The molecule has 0 rings (SSSR count). The van der Waals surface area contributed by atoms with Crippen molar-refractivity contribution in [3.05, 3.63) is 0 Å². The summed E-state index contributed by atoms with van der Waals surface area (Å²) >= 11 is 5.09. The Bertz CT molecular complexity index is 108. The number of ether oxygens (including phenoxy) is 1. The molecule has 0 aliphatic heterocycles. The van der Waals surface area contributed by atoms with Crippen LogP contribution in [0.4, 0.5) is 0 Å². The van der Waals surface area contributed by atoms with Gasteiger partial charge in [0.2, 0.25) is 0 Å². The number of nitrogens with one attached hydrogen (secondary N) is 1. The summed E-state index contributed by atoms with van der Waals surface area (Å²) in [4.78, 5) is 12.8. The molecule has 0 aromatic rings. The lowest BCUT2D eigenvalue weighted by atomic mass is 10.3. The molecule has 0 amide bonds. The highest BCUT2D eigenvalue weighted by atomic mass is 35.5. The predicted octanol–water partition coefficient (Wildman–Crippen LogP) is 0.0756. The van der Waals surface area contributed by atoms with Gasteiger partial charge in [-0.2, -0.15) is 0 Å². The van der Waals surface area contributed by atoms with Gasteiger partial charge in [-0.3, -0.25) is 4.79 Å². The summed E-state index contributed by atoms with van der Waals surface area (Å²) < 4.78 is 4.54. The van der Waals surface area contributed by atoms with E-state index >= 15 is 0 Å². The summed E-state index contributed by atoms with van der Waals surface area (Å²) in [5.41, 5.74) is 0. The molecule has 0 heterocycles. The van der Waals surface area contributed by atoms with Crippen molar-refractivity contribution in [2.75, 3.05) is 13.2 Å². The van der Waals surface area contributed by atoms with Crippen molar-refractivity contribution >= 4 is 30.2 Å². The summed E-state index contributed by atoms with van der Waals surface area (Å²) in [5, 5.41) is 8.48. The fourth-order valence-corrected chi connectivity index (χ4v) is 0.555. The van der Waals surface area contributed by atoms with Crippen LogP contribution in [-0.4, -0.2) is 30.3 Å². The molecule has 0 spiro atoms. The maximum Gasteiger partial charge on any atom is 0.326 e. The molecule has 2 N–H and O–H groups in total. The summed E-state index contributed by atoms with van der Waals surface area (Å²) in [6.07, 6.45) is 0. The third-order valence-electron chi connectivity index (χ3n) is 0.885. The Balaban J connectivity index is 0. The smallest absolute Gasteiger partial charge is 0.326 e. The average Bonchev–Trinajstić information content (AvgIpc) is 1.91. The standard InChI is InChI=1S/C5H10ClNO3.ClH/c1-2-10-5(9)4(3-8)7-6;/h4,7-8H,2-3H2,1H3;1H/t4-;/m0./s1. The van der Waals surface area contributed by atoms with Crippen molar-refractivity contribution in [3.8, 4) is 0 Å². The van der Waals surface area contributed by atoms with Crippen LogP contribution in [0.25, 0.3) is 0 Å². The number of rotatable bonds is 4. The molecule has 11 heavy (non-hydrogen) atoms. The monoisotopic (exact) mass is 203 g/mol. The molecular weight excluding hydrogens is 193 g/mol. The van der Waals surface area contributed by atoms with E-state index < -0.39 is 12.0 Å². The Hall–Kier alpha value is -0.0300. The third-order valence-corrected chi connectivity index (χ3v) is 1.15. The van der Waals surface area contributed by atoms with Crippen molar-refractivity contribution in [3.63, 3.8) is 0 Å². The fourth-order valence-electron chi connectivity index (χ4n) is 0.396. The molecule has 0 saturated carbocycles. The van der Waals surface area contributed by atoms with E-state index in [0.29, 0.717) is 0 Å². The number of esters is 1. The summed E-state index contributed by atoms with van der Waals surface area (Å²) in [6, 6.07) is -0.818. The van der Waals surface area contributed by atoms with Crippen LogP contribution < -0.4 is 4.84 Å². The van der Waals surface area contributed by atoms with E-state index in [9.17, 15) is 4.79 Å². The van der Waals surface area contributed by atoms with Crippen molar-refractivity contribution in [2.24, 2.45) is 0 Å². The average molecular weight is 204 g/mol. The van der Waals surface area contributed by atoms with Crippen LogP contribution in [0.3, 0.4) is 0 Å². The largest absolute Gasteiger partial charge is 0.465 e. The van der Waals surface area contributed by atoms with Crippen LogP contribution in [0.1, 0.15) is 6.92 Å². The Morgan fingerprint density at radius 2 is 2.36 bits per heavy atom. The maximum atomic E-state index is 10.7. The van der Waals surface area contributed by atoms with Crippen LogP contribution in [0.15, 0.2) is 0 Å². The molecule has 0 unspecified atom stereocenters. The Labute approximate surface area is 76.4 Å². The number of halogens is 2. The highest BCUT2D eigenvalue weighted by molar-refractivity contribution is 6.14. The molecule has 0 fully saturated rings. The molecule has 0 aromatic heterocycles. The lowest BCUT2D eigenvalue weighted by Crippen LogP contribution is -2.35. The SMILES string of the molecule is CCOC(=O)[C@H](CO)NCl.Cl. The van der Waals surface area contributed by atoms with Crippen LogP contribution in [-0.2, 0) is 9.53 Å². The number of aliphatic hydroxyl groups is 1. The van der Waals surface area contributed by atoms with Gasteiger partial charge in [-0.25, -0.2) is 4.84 Å². The molecule has 6 heteroatoms. The van der Waals surface area contributed by atoms with E-state index in [0.717, 1.165) is 0 Å². The lowest BCUT2D eigenvalue weighted by molar-refractivity contribution is -0.146. The van der Waals surface area contributed by atoms with Gasteiger partial charge in [0.25, 0.3) is 0 Å². The molecule has 68 valence electrons. The van der Waals surface area contributed by atoms with Crippen molar-refractivity contribution in [2.45, 2.75) is 13.0 Å². The van der Waals surface area contributed by atoms with E-state index in [4.69, 9.17) is 16.9 Å². The molecule has 0 aliphatic carbocycles. The van der Waals surface area contributed by atoms with Gasteiger partial charge in [0.05, 0.1) is 13.2 Å². The maximum absolute atomic E-state index is 10.7. The third kappa shape index (κ3) is 5.26. The minimum absolute atomic E-state index is 0. The number of hydrogen-bond acceptors (Lipinski definition) is 4. The van der Waals surface area contributed by atoms with Crippen molar-refractivity contribution in [1.29, 1.82) is 0 Å². The topological polar surface area (TPSA) is 58.6 Å². The van der Waals surface area contributed by atoms with Gasteiger partial charge >= 0.3 is 5.97 Å². The molecule has 1 atom stereocenters. The van der Waals surface area contributed by atoms with Crippen LogP contribution in [0, 0.1) is 0 Å². The first-order valence-corrected chi connectivity index (χ1v) is 3.27. The summed E-state index contributed by atoms with van der Waals surface area (Å²) in [6.45, 7) is 1.61. The van der Waals surface area contributed by atoms with Crippen LogP contribution in [0.5, 0.6) is 0 Å². The Morgan fingerprint density at radius 1 is 1.82 bits per heavy atom. The fraction of sp³-hybridized carbons (Fsp3) is 0.800. The normalized spacial score (nSPS) is 11.5. The van der Waals surface area contributed by atoms with E-state index in [1.807, 2.05) is 0 Å². The molecule has 4 nitrogen and oxygen atoms in total. The van der Waals surface area contributed by atoms with E-state index in [2.05, 4.69) is 9.57 Å². The van der Waals surface area contributed by atoms with Gasteiger partial charge < -0.3 is 9.84 Å². The number of carbonyl (C=O) groups is 1. The first-order chi connectivity index (χ1) is 4.76. The van der Waals surface area contributed by atoms with Crippen molar-refractivity contribution < 1.29 is 14.6 Å². The van der Waals surface area contributed by atoms with Gasteiger partial charge in [0.1, 0.15) is 6.04 Å². The van der Waals surface area contributed by atoms with E-state index in [-0.39, 0.29) is 25.6 Å². The zero-order chi connectivity index (χ0) is 7.98. The van der Waals surface area contributed by atoms with E-state index in [1.165, 1.54) is 0 Å². The van der Waals surface area contributed by atoms with Crippen LogP contribution in [0.2, 0.25) is 0 Å². The first kappa shape index (κ1) is 13.6. The predicted molar refractivity (Wildman–Crippen MR) is 43.7 cm³/mol. The van der Waals surface area contributed by atoms with Gasteiger partial charge in [0.15, 0.2) is 0 Å².